The van der Waals surface area contributed by atoms with Gasteiger partial charge in [0, 0.05) is 43.6 Å². The van der Waals surface area contributed by atoms with E-state index in [2.05, 4.69) is 53.1 Å². The van der Waals surface area contributed by atoms with Gasteiger partial charge in [-0.25, -0.2) is 0 Å². The number of likely N-dealkylation sites (tertiary alicyclic amines) is 1. The van der Waals surface area contributed by atoms with Crippen LogP contribution in [0.15, 0.2) is 4.99 Å². The van der Waals surface area contributed by atoms with E-state index in [9.17, 15) is 0 Å². The molecule has 0 aromatic rings. The second kappa shape index (κ2) is 12.0. The van der Waals surface area contributed by atoms with Crippen LogP contribution in [0.1, 0.15) is 52.9 Å². The molecular weight excluding hydrogens is 459 g/mol. The Morgan fingerprint density at radius 2 is 1.81 bits per heavy atom. The Balaban J connectivity index is 0.00000338. The summed E-state index contributed by atoms with van der Waals surface area (Å²) in [4.78, 5) is 7.06. The highest BCUT2D eigenvalue weighted by Gasteiger charge is 2.33. The molecule has 0 spiro atoms. The molecule has 0 aromatic carbocycles. The van der Waals surface area contributed by atoms with E-state index in [1.165, 1.54) is 32.4 Å². The molecule has 2 saturated heterocycles. The lowest BCUT2D eigenvalue weighted by Crippen LogP contribution is -2.56. The average molecular weight is 499 g/mol. The Hall–Kier alpha value is 0.270. The first kappa shape index (κ1) is 24.3. The SMILES string of the molecule is CCSC1(CNC(=NC)NCC(C)(C)N2CCCCC2)CCOCC1.I. The van der Waals surface area contributed by atoms with E-state index >= 15 is 0 Å². The molecule has 5 nitrogen and oxygen atoms in total. The zero-order chi connectivity index (χ0) is 18.2. The van der Waals surface area contributed by atoms with Crippen molar-refractivity contribution in [2.45, 2.75) is 63.2 Å². The number of nitrogens with one attached hydrogen (secondary N) is 2. The summed E-state index contributed by atoms with van der Waals surface area (Å²) in [6.45, 7) is 13.0. The van der Waals surface area contributed by atoms with E-state index in [0.717, 1.165) is 50.9 Å². The lowest BCUT2D eigenvalue weighted by atomic mass is 9.98. The van der Waals surface area contributed by atoms with Gasteiger partial charge in [-0.3, -0.25) is 9.89 Å². The fraction of sp³-hybridized carbons (Fsp3) is 0.947. The van der Waals surface area contributed by atoms with Crippen LogP contribution in [0.25, 0.3) is 0 Å². The summed E-state index contributed by atoms with van der Waals surface area (Å²) in [6, 6.07) is 0. The molecule has 2 aliphatic heterocycles. The second-order valence-electron chi connectivity index (χ2n) is 7.87. The minimum atomic E-state index is 0. The van der Waals surface area contributed by atoms with E-state index in [4.69, 9.17) is 4.74 Å². The molecule has 0 radical (unpaired) electrons. The Kier molecular flexibility index (Phi) is 11.2. The van der Waals surface area contributed by atoms with Crippen LogP contribution in [0, 0.1) is 0 Å². The Bertz CT molecular complexity index is 416. The Morgan fingerprint density at radius 3 is 2.38 bits per heavy atom. The molecule has 0 unspecified atom stereocenters. The van der Waals surface area contributed by atoms with Gasteiger partial charge in [0.15, 0.2) is 5.96 Å². The maximum absolute atomic E-state index is 5.57. The lowest BCUT2D eigenvalue weighted by molar-refractivity contribution is 0.0781. The summed E-state index contributed by atoms with van der Waals surface area (Å²) in [5.74, 6) is 2.07. The van der Waals surface area contributed by atoms with Crippen molar-refractivity contribution < 1.29 is 4.74 Å². The summed E-state index contributed by atoms with van der Waals surface area (Å²) < 4.78 is 5.86. The van der Waals surface area contributed by atoms with Gasteiger partial charge in [0.2, 0.25) is 0 Å². The first-order valence-electron chi connectivity index (χ1n) is 9.93. The predicted octanol–water partition coefficient (Wildman–Crippen LogP) is 3.34. The fourth-order valence-corrected chi connectivity index (χ4v) is 5.04. The number of hydrogen-bond acceptors (Lipinski definition) is 4. The molecule has 0 amide bonds. The van der Waals surface area contributed by atoms with Gasteiger partial charge in [0.25, 0.3) is 0 Å². The molecular formula is C19H39IN4OS. The van der Waals surface area contributed by atoms with Gasteiger partial charge in [-0.1, -0.05) is 13.3 Å². The van der Waals surface area contributed by atoms with E-state index in [1.54, 1.807) is 0 Å². The van der Waals surface area contributed by atoms with Crippen LogP contribution >= 0.6 is 35.7 Å². The van der Waals surface area contributed by atoms with Gasteiger partial charge in [0.1, 0.15) is 0 Å². The van der Waals surface area contributed by atoms with Crippen molar-refractivity contribution in [3.05, 3.63) is 0 Å². The quantitative estimate of drug-likeness (QED) is 0.321. The highest BCUT2D eigenvalue weighted by Crippen LogP contribution is 2.34. The average Bonchev–Trinajstić information content (AvgIpc) is 2.63. The number of thioether (sulfide) groups is 1. The van der Waals surface area contributed by atoms with Crippen molar-refractivity contribution in [1.82, 2.24) is 15.5 Å². The first-order valence-corrected chi connectivity index (χ1v) is 10.9. The number of piperidine rings is 1. The number of aliphatic imine (C=N–C) groups is 1. The maximum Gasteiger partial charge on any atom is 0.191 e. The number of hydrogen-bond donors (Lipinski definition) is 2. The number of rotatable bonds is 7. The zero-order valence-electron chi connectivity index (χ0n) is 17.1. The van der Waals surface area contributed by atoms with Gasteiger partial charge < -0.3 is 15.4 Å². The van der Waals surface area contributed by atoms with E-state index < -0.39 is 0 Å². The summed E-state index contributed by atoms with van der Waals surface area (Å²) in [6.07, 6.45) is 6.28. The topological polar surface area (TPSA) is 48.9 Å². The van der Waals surface area contributed by atoms with Crippen molar-refractivity contribution in [2.24, 2.45) is 4.99 Å². The van der Waals surface area contributed by atoms with E-state index in [0.29, 0.717) is 0 Å². The summed E-state index contributed by atoms with van der Waals surface area (Å²) in [5, 5.41) is 7.15. The first-order chi connectivity index (χ1) is 12.0. The van der Waals surface area contributed by atoms with Crippen molar-refractivity contribution in [3.8, 4) is 0 Å². The molecule has 0 atom stereocenters. The van der Waals surface area contributed by atoms with E-state index in [-0.39, 0.29) is 34.3 Å². The lowest BCUT2D eigenvalue weighted by Gasteiger charge is -2.41. The number of guanidine groups is 1. The van der Waals surface area contributed by atoms with Crippen LogP contribution in [0.5, 0.6) is 0 Å². The number of halogens is 1. The minimum absolute atomic E-state index is 0. The highest BCUT2D eigenvalue weighted by atomic mass is 127. The molecule has 0 aliphatic carbocycles. The molecule has 154 valence electrons. The molecule has 0 bridgehead atoms. The summed E-state index contributed by atoms with van der Waals surface area (Å²) in [7, 11) is 1.87. The maximum atomic E-state index is 5.57. The van der Waals surface area contributed by atoms with Gasteiger partial charge >= 0.3 is 0 Å². The standard InChI is InChI=1S/C19H38N4OS.HI/c1-5-25-19(9-13-24-14-10-19)16-22-17(20-4)21-15-18(2,3)23-11-7-6-8-12-23;/h5-16H2,1-4H3,(H2,20,21,22);1H. The normalized spacial score (nSPS) is 21.8. The molecule has 2 aliphatic rings. The van der Waals surface area contributed by atoms with Gasteiger partial charge in [-0.15, -0.1) is 24.0 Å². The Labute approximate surface area is 181 Å². The second-order valence-corrected chi connectivity index (χ2v) is 9.60. The fourth-order valence-electron chi connectivity index (χ4n) is 3.80. The van der Waals surface area contributed by atoms with Gasteiger partial charge in [-0.05, 0) is 58.4 Å². The number of ether oxygens (including phenoxy) is 1. The van der Waals surface area contributed by atoms with Crippen LogP contribution in [-0.2, 0) is 4.74 Å². The highest BCUT2D eigenvalue weighted by molar-refractivity contribution is 14.0. The smallest absolute Gasteiger partial charge is 0.191 e. The molecule has 0 aromatic heterocycles. The van der Waals surface area contributed by atoms with Crippen molar-refractivity contribution >= 4 is 41.7 Å². The Morgan fingerprint density at radius 1 is 1.15 bits per heavy atom. The van der Waals surface area contributed by atoms with Crippen LogP contribution in [0.2, 0.25) is 0 Å². The molecule has 2 N–H and O–H groups in total. The third-order valence-corrected chi connectivity index (χ3v) is 7.01. The zero-order valence-corrected chi connectivity index (χ0v) is 20.3. The van der Waals surface area contributed by atoms with Crippen LogP contribution in [-0.4, -0.2) is 73.3 Å². The van der Waals surface area contributed by atoms with Crippen molar-refractivity contribution in [3.63, 3.8) is 0 Å². The molecule has 2 rings (SSSR count). The van der Waals surface area contributed by atoms with Gasteiger partial charge in [0.05, 0.1) is 0 Å². The van der Waals surface area contributed by atoms with E-state index in [1.807, 2.05) is 7.05 Å². The third-order valence-electron chi connectivity index (χ3n) is 5.56. The molecule has 7 heteroatoms. The minimum Gasteiger partial charge on any atom is -0.381 e. The number of nitrogens with zero attached hydrogens (tertiary/aromatic N) is 2. The molecule has 26 heavy (non-hydrogen) atoms. The molecule has 0 saturated carbocycles. The largest absolute Gasteiger partial charge is 0.381 e. The van der Waals surface area contributed by atoms with Crippen LogP contribution in [0.4, 0.5) is 0 Å². The third kappa shape index (κ3) is 7.36. The van der Waals surface area contributed by atoms with Gasteiger partial charge in [-0.2, -0.15) is 11.8 Å². The summed E-state index contributed by atoms with van der Waals surface area (Å²) >= 11 is 2.07. The van der Waals surface area contributed by atoms with Crippen molar-refractivity contribution in [1.29, 1.82) is 0 Å². The van der Waals surface area contributed by atoms with Crippen LogP contribution < -0.4 is 10.6 Å². The monoisotopic (exact) mass is 498 g/mol. The predicted molar refractivity (Wildman–Crippen MR) is 125 cm³/mol. The van der Waals surface area contributed by atoms with Crippen LogP contribution in [0.3, 0.4) is 0 Å². The molecule has 2 fully saturated rings. The summed E-state index contributed by atoms with van der Waals surface area (Å²) in [5.41, 5.74) is 0.159. The van der Waals surface area contributed by atoms with Crippen molar-refractivity contribution in [2.75, 3.05) is 52.2 Å². The molecule has 2 heterocycles.